The molecule has 0 amide bonds. The summed E-state index contributed by atoms with van der Waals surface area (Å²) < 4.78 is 7.75. The smallest absolute Gasteiger partial charge is 0.148 e. The number of aryl methyl sites for hydroxylation is 1. The third-order valence-corrected chi connectivity index (χ3v) is 3.74. The number of rotatable bonds is 5. The molecule has 3 rings (SSSR count). The van der Waals surface area contributed by atoms with Gasteiger partial charge < -0.3 is 14.4 Å². The molecule has 22 heavy (non-hydrogen) atoms. The maximum absolute atomic E-state index is 9.28. The van der Waals surface area contributed by atoms with Crippen molar-refractivity contribution in [2.45, 2.75) is 20.1 Å². The molecule has 0 spiro atoms. The first-order valence-corrected chi connectivity index (χ1v) is 7.50. The van der Waals surface area contributed by atoms with Gasteiger partial charge in [-0.05, 0) is 37.3 Å². The average molecular weight is 317 g/mol. The molecular formula is C17H17ClN2O2. The van der Waals surface area contributed by atoms with E-state index in [9.17, 15) is 5.11 Å². The van der Waals surface area contributed by atoms with Crippen LogP contribution in [0.15, 0.2) is 42.5 Å². The molecule has 0 saturated heterocycles. The fourth-order valence-corrected chi connectivity index (χ4v) is 2.56. The van der Waals surface area contributed by atoms with Gasteiger partial charge in [0.25, 0.3) is 0 Å². The van der Waals surface area contributed by atoms with Gasteiger partial charge in [0.15, 0.2) is 0 Å². The highest BCUT2D eigenvalue weighted by molar-refractivity contribution is 6.31. The number of benzene rings is 2. The maximum atomic E-state index is 9.28. The zero-order chi connectivity index (χ0) is 15.5. The Morgan fingerprint density at radius 2 is 1.95 bits per heavy atom. The summed E-state index contributed by atoms with van der Waals surface area (Å²) in [6, 6.07) is 13.4. The van der Waals surface area contributed by atoms with Crippen molar-refractivity contribution in [2.24, 2.45) is 0 Å². The fraction of sp³-hybridized carbons (Fsp3) is 0.235. The molecular weight excluding hydrogens is 300 g/mol. The lowest BCUT2D eigenvalue weighted by Gasteiger charge is -2.09. The molecule has 2 aromatic carbocycles. The number of fused-ring (bicyclic) bond motifs is 1. The summed E-state index contributed by atoms with van der Waals surface area (Å²) in [7, 11) is 0. The first-order valence-electron chi connectivity index (χ1n) is 7.12. The van der Waals surface area contributed by atoms with E-state index >= 15 is 0 Å². The van der Waals surface area contributed by atoms with Crippen molar-refractivity contribution < 1.29 is 9.84 Å². The zero-order valence-corrected chi connectivity index (χ0v) is 13.0. The van der Waals surface area contributed by atoms with E-state index in [1.54, 1.807) is 0 Å². The minimum atomic E-state index is 0.0472. The molecule has 0 aliphatic heterocycles. The van der Waals surface area contributed by atoms with Gasteiger partial charge in [0.05, 0.1) is 17.6 Å². The number of imidazole rings is 1. The highest BCUT2D eigenvalue weighted by Gasteiger charge is 2.11. The largest absolute Gasteiger partial charge is 0.486 e. The van der Waals surface area contributed by atoms with Crippen LogP contribution in [0.25, 0.3) is 11.0 Å². The molecule has 0 aliphatic carbocycles. The van der Waals surface area contributed by atoms with Crippen molar-refractivity contribution >= 4 is 22.6 Å². The lowest BCUT2D eigenvalue weighted by molar-refractivity contribution is 0.260. The molecule has 1 heterocycles. The lowest BCUT2D eigenvalue weighted by atomic mass is 10.2. The number of halogens is 1. The summed E-state index contributed by atoms with van der Waals surface area (Å²) in [6.45, 7) is 2.90. The van der Waals surface area contributed by atoms with E-state index in [0.717, 1.165) is 22.6 Å². The second-order valence-corrected chi connectivity index (χ2v) is 5.57. The van der Waals surface area contributed by atoms with Gasteiger partial charge in [-0.1, -0.05) is 29.3 Å². The topological polar surface area (TPSA) is 47.3 Å². The molecule has 4 nitrogen and oxygen atoms in total. The van der Waals surface area contributed by atoms with Crippen LogP contribution < -0.4 is 4.74 Å². The molecule has 114 valence electrons. The van der Waals surface area contributed by atoms with Crippen LogP contribution in [0.4, 0.5) is 0 Å². The van der Waals surface area contributed by atoms with Crippen LogP contribution in [0.5, 0.6) is 5.75 Å². The predicted molar refractivity (Wildman–Crippen MR) is 87.3 cm³/mol. The van der Waals surface area contributed by atoms with Crippen molar-refractivity contribution in [1.29, 1.82) is 0 Å². The second kappa shape index (κ2) is 6.38. The number of hydrogen-bond donors (Lipinski definition) is 1. The monoisotopic (exact) mass is 316 g/mol. The van der Waals surface area contributed by atoms with E-state index in [1.165, 1.54) is 5.56 Å². The molecule has 1 N–H and O–H groups in total. The van der Waals surface area contributed by atoms with Crippen LogP contribution in [-0.2, 0) is 13.2 Å². The summed E-state index contributed by atoms with van der Waals surface area (Å²) in [5.41, 5.74) is 2.94. The van der Waals surface area contributed by atoms with Crippen LogP contribution in [-0.4, -0.2) is 21.3 Å². The van der Waals surface area contributed by atoms with Gasteiger partial charge in [-0.25, -0.2) is 4.98 Å². The summed E-state index contributed by atoms with van der Waals surface area (Å²) in [5.74, 6) is 1.57. The zero-order valence-electron chi connectivity index (χ0n) is 12.3. The standard InChI is InChI=1S/C17H17ClN2O2/c1-12-2-5-14(6-3-12)22-11-17-19-15-10-13(18)4-7-16(15)20(17)8-9-21/h2-7,10,21H,8-9,11H2,1H3. The van der Waals surface area contributed by atoms with Gasteiger partial charge in [0.2, 0.25) is 0 Å². The number of aromatic nitrogens is 2. The molecule has 0 atom stereocenters. The van der Waals surface area contributed by atoms with Gasteiger partial charge in [-0.2, -0.15) is 0 Å². The predicted octanol–water partition coefficient (Wildman–Crippen LogP) is 3.57. The van der Waals surface area contributed by atoms with Crippen molar-refractivity contribution in [3.63, 3.8) is 0 Å². The Morgan fingerprint density at radius 3 is 2.68 bits per heavy atom. The Kier molecular flexibility index (Phi) is 4.32. The molecule has 0 unspecified atom stereocenters. The normalized spacial score (nSPS) is 11.0. The van der Waals surface area contributed by atoms with E-state index in [0.29, 0.717) is 18.2 Å². The van der Waals surface area contributed by atoms with Crippen molar-refractivity contribution in [2.75, 3.05) is 6.61 Å². The van der Waals surface area contributed by atoms with Gasteiger partial charge >= 0.3 is 0 Å². The number of nitrogens with zero attached hydrogens (tertiary/aromatic N) is 2. The molecule has 5 heteroatoms. The first-order chi connectivity index (χ1) is 10.7. The first kappa shape index (κ1) is 14.9. The van der Waals surface area contributed by atoms with E-state index in [-0.39, 0.29) is 6.61 Å². The minimum absolute atomic E-state index is 0.0472. The van der Waals surface area contributed by atoms with Crippen LogP contribution in [0.3, 0.4) is 0 Å². The number of ether oxygens (including phenoxy) is 1. The van der Waals surface area contributed by atoms with Gasteiger partial charge in [-0.3, -0.25) is 0 Å². The Balaban J connectivity index is 1.88. The maximum Gasteiger partial charge on any atom is 0.148 e. The summed E-state index contributed by atoms with van der Waals surface area (Å²) >= 11 is 6.02. The fourth-order valence-electron chi connectivity index (χ4n) is 2.39. The highest BCUT2D eigenvalue weighted by atomic mass is 35.5. The summed E-state index contributed by atoms with van der Waals surface area (Å²) in [5, 5.41) is 9.92. The third kappa shape index (κ3) is 3.08. The summed E-state index contributed by atoms with van der Waals surface area (Å²) in [6.07, 6.45) is 0. The van der Waals surface area contributed by atoms with Crippen LogP contribution in [0.2, 0.25) is 5.02 Å². The quantitative estimate of drug-likeness (QED) is 0.782. The van der Waals surface area contributed by atoms with Crippen LogP contribution >= 0.6 is 11.6 Å². The average Bonchev–Trinajstić information content (AvgIpc) is 2.84. The van der Waals surface area contributed by atoms with Crippen LogP contribution in [0, 0.1) is 6.92 Å². The van der Waals surface area contributed by atoms with E-state index in [4.69, 9.17) is 16.3 Å². The Bertz CT molecular complexity index is 781. The Hall–Kier alpha value is -2.04. The lowest BCUT2D eigenvalue weighted by Crippen LogP contribution is -2.09. The summed E-state index contributed by atoms with van der Waals surface area (Å²) in [4.78, 5) is 4.57. The molecule has 0 fully saturated rings. The Morgan fingerprint density at radius 1 is 1.18 bits per heavy atom. The van der Waals surface area contributed by atoms with Gasteiger partial charge in [0.1, 0.15) is 18.2 Å². The van der Waals surface area contributed by atoms with Crippen LogP contribution in [0.1, 0.15) is 11.4 Å². The molecule has 3 aromatic rings. The second-order valence-electron chi connectivity index (χ2n) is 5.14. The SMILES string of the molecule is Cc1ccc(OCc2nc3cc(Cl)ccc3n2CCO)cc1. The minimum Gasteiger partial charge on any atom is -0.486 e. The van der Waals surface area contributed by atoms with Gasteiger partial charge in [-0.15, -0.1) is 0 Å². The Labute approximate surface area is 133 Å². The van der Waals surface area contributed by atoms with Crippen molar-refractivity contribution in [1.82, 2.24) is 9.55 Å². The third-order valence-electron chi connectivity index (χ3n) is 3.50. The molecule has 0 aliphatic rings. The van der Waals surface area contributed by atoms with E-state index < -0.39 is 0 Å². The van der Waals surface area contributed by atoms with Crippen molar-refractivity contribution in [3.05, 3.63) is 58.9 Å². The van der Waals surface area contributed by atoms with Gasteiger partial charge in [0, 0.05) is 11.6 Å². The highest BCUT2D eigenvalue weighted by Crippen LogP contribution is 2.22. The molecule has 0 radical (unpaired) electrons. The van der Waals surface area contributed by atoms with E-state index in [1.807, 2.05) is 54.0 Å². The number of hydrogen-bond acceptors (Lipinski definition) is 3. The molecule has 0 saturated carbocycles. The van der Waals surface area contributed by atoms with Crippen molar-refractivity contribution in [3.8, 4) is 5.75 Å². The number of aliphatic hydroxyl groups excluding tert-OH is 1. The molecule has 1 aromatic heterocycles. The molecule has 0 bridgehead atoms. The number of aliphatic hydroxyl groups is 1. The van der Waals surface area contributed by atoms with E-state index in [2.05, 4.69) is 4.98 Å².